The summed E-state index contributed by atoms with van der Waals surface area (Å²) in [7, 11) is 0. The molecule has 1 aromatic rings. The van der Waals surface area contributed by atoms with Crippen LogP contribution in [0.4, 0.5) is 0 Å². The molecule has 1 amide bonds. The molecule has 3 N–H and O–H groups in total. The highest BCUT2D eigenvalue weighted by Crippen LogP contribution is 2.16. The van der Waals surface area contributed by atoms with E-state index in [4.69, 9.17) is 5.11 Å². The molecule has 0 bridgehead atoms. The molecular formula is C6H5N3O3. The molecule has 0 atom stereocenters. The second-order valence-electron chi connectivity index (χ2n) is 2.41. The van der Waals surface area contributed by atoms with Gasteiger partial charge in [0, 0.05) is 12.1 Å². The first-order valence-electron chi connectivity index (χ1n) is 3.29. The third-order valence-corrected chi connectivity index (χ3v) is 1.72. The molecule has 2 heterocycles. The Kier molecular flexibility index (Phi) is 1.18. The van der Waals surface area contributed by atoms with Gasteiger partial charge < -0.3 is 10.4 Å². The molecule has 0 aromatic carbocycles. The minimum atomic E-state index is -1.10. The standard InChI is InChI=1S/C6H5N3O3/c10-5-3-2(1-7-5)4(6(11)12)9-8-3/h1H2,(H,7,10)(H,8,9)(H,11,12). The van der Waals surface area contributed by atoms with E-state index < -0.39 is 5.97 Å². The molecule has 0 saturated carbocycles. The highest BCUT2D eigenvalue weighted by Gasteiger charge is 2.28. The Morgan fingerprint density at radius 1 is 1.58 bits per heavy atom. The zero-order valence-electron chi connectivity index (χ0n) is 5.92. The van der Waals surface area contributed by atoms with Crippen LogP contribution in [-0.4, -0.2) is 27.2 Å². The predicted octanol–water partition coefficient (Wildman–Crippen LogP) is -0.649. The zero-order valence-corrected chi connectivity index (χ0v) is 5.92. The van der Waals surface area contributed by atoms with E-state index in [1.54, 1.807) is 0 Å². The summed E-state index contributed by atoms with van der Waals surface area (Å²) in [6, 6.07) is 0. The van der Waals surface area contributed by atoms with Crippen LogP contribution in [0.25, 0.3) is 0 Å². The lowest BCUT2D eigenvalue weighted by Gasteiger charge is -1.90. The maximum atomic E-state index is 10.9. The maximum absolute atomic E-state index is 10.9. The third-order valence-electron chi connectivity index (χ3n) is 1.72. The minimum absolute atomic E-state index is 0.0108. The Bertz CT molecular complexity index is 368. The summed E-state index contributed by atoms with van der Waals surface area (Å²) in [4.78, 5) is 21.4. The first-order valence-corrected chi connectivity index (χ1v) is 3.29. The molecule has 12 heavy (non-hydrogen) atoms. The molecular weight excluding hydrogens is 162 g/mol. The van der Waals surface area contributed by atoms with Gasteiger partial charge in [0.1, 0.15) is 5.69 Å². The van der Waals surface area contributed by atoms with Crippen molar-refractivity contribution in [1.29, 1.82) is 0 Å². The van der Waals surface area contributed by atoms with Crippen molar-refractivity contribution in [3.8, 4) is 0 Å². The van der Waals surface area contributed by atoms with E-state index in [0.717, 1.165) is 0 Å². The SMILES string of the molecule is O=C1NCc2c1n[nH]c2C(=O)O. The largest absolute Gasteiger partial charge is 0.477 e. The number of carboxylic acids is 1. The van der Waals surface area contributed by atoms with Crippen molar-refractivity contribution >= 4 is 11.9 Å². The number of aromatic nitrogens is 2. The number of fused-ring (bicyclic) bond motifs is 1. The van der Waals surface area contributed by atoms with Gasteiger partial charge in [0.2, 0.25) is 0 Å². The van der Waals surface area contributed by atoms with Gasteiger partial charge in [0.25, 0.3) is 5.91 Å². The summed E-state index contributed by atoms with van der Waals surface area (Å²) < 4.78 is 0. The number of nitrogens with one attached hydrogen (secondary N) is 2. The molecule has 1 aliphatic heterocycles. The van der Waals surface area contributed by atoms with Gasteiger partial charge in [-0.15, -0.1) is 0 Å². The van der Waals surface area contributed by atoms with Crippen LogP contribution in [0.5, 0.6) is 0 Å². The number of hydrogen-bond donors (Lipinski definition) is 3. The molecule has 0 fully saturated rings. The van der Waals surface area contributed by atoms with Gasteiger partial charge in [-0.05, 0) is 0 Å². The van der Waals surface area contributed by atoms with Crippen LogP contribution < -0.4 is 5.32 Å². The number of rotatable bonds is 1. The van der Waals surface area contributed by atoms with Gasteiger partial charge in [-0.1, -0.05) is 0 Å². The number of carbonyl (C=O) groups is 2. The van der Waals surface area contributed by atoms with Crippen molar-refractivity contribution in [1.82, 2.24) is 15.5 Å². The van der Waals surface area contributed by atoms with Crippen molar-refractivity contribution in [2.75, 3.05) is 0 Å². The summed E-state index contributed by atoms with van der Waals surface area (Å²) in [5.41, 5.74) is 0.614. The van der Waals surface area contributed by atoms with E-state index in [9.17, 15) is 9.59 Å². The fourth-order valence-electron chi connectivity index (χ4n) is 1.15. The summed E-state index contributed by atoms with van der Waals surface area (Å²) in [6.45, 7) is 0.242. The quantitative estimate of drug-likeness (QED) is 0.518. The Balaban J connectivity index is 2.56. The van der Waals surface area contributed by atoms with Gasteiger partial charge in [-0.3, -0.25) is 9.89 Å². The number of carbonyl (C=O) groups excluding carboxylic acids is 1. The van der Waals surface area contributed by atoms with Crippen LogP contribution in [0, 0.1) is 0 Å². The molecule has 0 saturated heterocycles. The van der Waals surface area contributed by atoms with Crippen molar-refractivity contribution in [2.24, 2.45) is 0 Å². The van der Waals surface area contributed by atoms with Gasteiger partial charge in [0.15, 0.2) is 5.69 Å². The van der Waals surface area contributed by atoms with E-state index >= 15 is 0 Å². The molecule has 0 radical (unpaired) electrons. The van der Waals surface area contributed by atoms with Crippen molar-refractivity contribution in [3.05, 3.63) is 17.0 Å². The second kappa shape index (κ2) is 2.07. The Morgan fingerprint density at radius 2 is 2.33 bits per heavy atom. The Hall–Kier alpha value is -1.85. The van der Waals surface area contributed by atoms with E-state index in [1.165, 1.54) is 0 Å². The van der Waals surface area contributed by atoms with Crippen molar-refractivity contribution in [3.63, 3.8) is 0 Å². The van der Waals surface area contributed by atoms with Crippen LogP contribution in [-0.2, 0) is 6.54 Å². The summed E-state index contributed by atoms with van der Waals surface area (Å²) in [5, 5.41) is 17.0. The fraction of sp³-hybridized carbons (Fsp3) is 0.167. The van der Waals surface area contributed by atoms with Crippen molar-refractivity contribution in [2.45, 2.75) is 6.54 Å². The average Bonchev–Trinajstić information content (AvgIpc) is 2.53. The third kappa shape index (κ3) is 0.714. The summed E-state index contributed by atoms with van der Waals surface area (Å²) in [6.07, 6.45) is 0. The zero-order chi connectivity index (χ0) is 8.72. The van der Waals surface area contributed by atoms with E-state index in [-0.39, 0.29) is 23.8 Å². The highest BCUT2D eigenvalue weighted by atomic mass is 16.4. The lowest BCUT2D eigenvalue weighted by Crippen LogP contribution is -2.14. The Labute approximate surface area is 66.6 Å². The molecule has 6 heteroatoms. The number of nitrogens with zero attached hydrogens (tertiary/aromatic N) is 1. The molecule has 6 nitrogen and oxygen atoms in total. The first kappa shape index (κ1) is 6.84. The molecule has 2 rings (SSSR count). The maximum Gasteiger partial charge on any atom is 0.354 e. The van der Waals surface area contributed by atoms with Crippen molar-refractivity contribution < 1.29 is 14.7 Å². The van der Waals surface area contributed by atoms with Crippen LogP contribution in [0.2, 0.25) is 0 Å². The molecule has 1 aromatic heterocycles. The first-order chi connectivity index (χ1) is 5.70. The second-order valence-corrected chi connectivity index (χ2v) is 2.41. The average molecular weight is 167 g/mol. The molecule has 1 aliphatic rings. The predicted molar refractivity (Wildman–Crippen MR) is 36.7 cm³/mol. The number of aromatic amines is 1. The molecule has 0 unspecified atom stereocenters. The number of carboxylic acid groups (broad SMARTS) is 1. The van der Waals surface area contributed by atoms with Gasteiger partial charge in [-0.2, -0.15) is 5.10 Å². The molecule has 62 valence electrons. The van der Waals surface area contributed by atoms with Crippen LogP contribution in [0.15, 0.2) is 0 Å². The highest BCUT2D eigenvalue weighted by molar-refractivity contribution is 6.00. The number of hydrogen-bond acceptors (Lipinski definition) is 3. The summed E-state index contributed by atoms with van der Waals surface area (Å²) >= 11 is 0. The lowest BCUT2D eigenvalue weighted by molar-refractivity contribution is 0.0688. The number of aromatic carboxylic acids is 1. The molecule has 0 aliphatic carbocycles. The number of amides is 1. The van der Waals surface area contributed by atoms with Crippen LogP contribution >= 0.6 is 0 Å². The van der Waals surface area contributed by atoms with Crippen LogP contribution in [0.1, 0.15) is 26.5 Å². The van der Waals surface area contributed by atoms with E-state index in [1.807, 2.05) is 0 Å². The minimum Gasteiger partial charge on any atom is -0.477 e. The van der Waals surface area contributed by atoms with E-state index in [2.05, 4.69) is 15.5 Å². The number of H-pyrrole nitrogens is 1. The topological polar surface area (TPSA) is 95.1 Å². The normalized spacial score (nSPS) is 14.2. The molecule has 0 spiro atoms. The van der Waals surface area contributed by atoms with Gasteiger partial charge >= 0.3 is 5.97 Å². The monoisotopic (exact) mass is 167 g/mol. The van der Waals surface area contributed by atoms with Gasteiger partial charge in [0.05, 0.1) is 0 Å². The fourth-order valence-corrected chi connectivity index (χ4v) is 1.15. The van der Waals surface area contributed by atoms with E-state index in [0.29, 0.717) is 5.56 Å². The van der Waals surface area contributed by atoms with Crippen LogP contribution in [0.3, 0.4) is 0 Å². The lowest BCUT2D eigenvalue weighted by atomic mass is 10.2. The smallest absolute Gasteiger partial charge is 0.354 e. The van der Waals surface area contributed by atoms with Gasteiger partial charge in [-0.25, -0.2) is 4.79 Å². The summed E-state index contributed by atoms with van der Waals surface area (Å²) in [5.74, 6) is -1.42. The Morgan fingerprint density at radius 3 is 3.00 bits per heavy atom.